The Bertz CT molecular complexity index is 637. The van der Waals surface area contributed by atoms with Crippen LogP contribution in [0.2, 0.25) is 0 Å². The highest BCUT2D eigenvalue weighted by Gasteiger charge is 2.59. The van der Waals surface area contributed by atoms with Gasteiger partial charge < -0.3 is 4.74 Å². The van der Waals surface area contributed by atoms with E-state index >= 15 is 0 Å². The molecule has 0 unspecified atom stereocenters. The highest BCUT2D eigenvalue weighted by molar-refractivity contribution is 7.81. The fourth-order valence-electron chi connectivity index (χ4n) is 5.65. The standard InChI is InChI=1S/C19H24O3S/c1-18-6-3-12(20)9-11(18)10-15(23)16-13(18)4-7-19(2)14(16)5-8-22-17(19)21/h3,6,10,13-16,23H,4-5,7-9H2,1-2H3/t13-,14-,15+,16+,18-,19-/m0/s1. The van der Waals surface area contributed by atoms with Crippen molar-refractivity contribution >= 4 is 24.4 Å². The van der Waals surface area contributed by atoms with E-state index in [1.807, 2.05) is 0 Å². The molecule has 4 rings (SSSR count). The molecule has 1 saturated carbocycles. The monoisotopic (exact) mass is 332 g/mol. The summed E-state index contributed by atoms with van der Waals surface area (Å²) < 4.78 is 5.37. The van der Waals surface area contributed by atoms with Gasteiger partial charge in [0.2, 0.25) is 0 Å². The first kappa shape index (κ1) is 15.5. The average Bonchev–Trinajstić information content (AvgIpc) is 2.50. The van der Waals surface area contributed by atoms with Gasteiger partial charge >= 0.3 is 5.97 Å². The van der Waals surface area contributed by atoms with Crippen LogP contribution in [0, 0.1) is 28.6 Å². The highest BCUT2D eigenvalue weighted by atomic mass is 32.1. The minimum absolute atomic E-state index is 0.0259. The summed E-state index contributed by atoms with van der Waals surface area (Å²) in [6, 6.07) is 0. The molecule has 3 nitrogen and oxygen atoms in total. The fraction of sp³-hybridized carbons (Fsp3) is 0.684. The van der Waals surface area contributed by atoms with Crippen LogP contribution in [0.5, 0.6) is 0 Å². The van der Waals surface area contributed by atoms with E-state index in [0.717, 1.165) is 19.3 Å². The number of cyclic esters (lactones) is 1. The van der Waals surface area contributed by atoms with Crippen LogP contribution in [0.1, 0.15) is 39.5 Å². The first-order valence-electron chi connectivity index (χ1n) is 8.65. The second-order valence-electron chi connectivity index (χ2n) is 8.11. The maximum Gasteiger partial charge on any atom is 0.312 e. The molecule has 124 valence electrons. The lowest BCUT2D eigenvalue weighted by Crippen LogP contribution is -2.57. The molecule has 0 N–H and O–H groups in total. The SMILES string of the molecule is C[C@]12C=CC(=O)CC1=C[C@@H](S)[C@@H]1[C@@H]2CC[C@]2(C)C(=O)OCC[C@@H]12. The Hall–Kier alpha value is -1.03. The summed E-state index contributed by atoms with van der Waals surface area (Å²) in [5, 5.41) is 0.123. The molecule has 0 bridgehead atoms. The van der Waals surface area contributed by atoms with Crippen LogP contribution in [0.4, 0.5) is 0 Å². The van der Waals surface area contributed by atoms with Gasteiger partial charge in [0.15, 0.2) is 5.78 Å². The van der Waals surface area contributed by atoms with Crippen LogP contribution < -0.4 is 0 Å². The Morgan fingerprint density at radius 2 is 2.00 bits per heavy atom. The van der Waals surface area contributed by atoms with Crippen LogP contribution in [0.25, 0.3) is 0 Å². The fourth-order valence-corrected chi connectivity index (χ4v) is 6.25. The van der Waals surface area contributed by atoms with Crippen molar-refractivity contribution in [2.75, 3.05) is 6.61 Å². The minimum Gasteiger partial charge on any atom is -0.465 e. The molecule has 0 aromatic heterocycles. The maximum atomic E-state index is 12.4. The number of carbonyl (C=O) groups excluding carboxylic acids is 2. The van der Waals surface area contributed by atoms with Gasteiger partial charge in [0.05, 0.1) is 12.0 Å². The van der Waals surface area contributed by atoms with Crippen molar-refractivity contribution in [3.8, 4) is 0 Å². The molecule has 1 saturated heterocycles. The van der Waals surface area contributed by atoms with E-state index in [0.29, 0.717) is 30.8 Å². The molecule has 0 spiro atoms. The molecule has 4 heteroatoms. The van der Waals surface area contributed by atoms with Gasteiger partial charge in [0.25, 0.3) is 0 Å². The van der Waals surface area contributed by atoms with Gasteiger partial charge in [-0.3, -0.25) is 9.59 Å². The summed E-state index contributed by atoms with van der Waals surface area (Å²) >= 11 is 4.89. The lowest BCUT2D eigenvalue weighted by Gasteiger charge is -2.58. The third-order valence-electron chi connectivity index (χ3n) is 7.06. The van der Waals surface area contributed by atoms with Gasteiger partial charge in [-0.1, -0.05) is 24.6 Å². The zero-order chi connectivity index (χ0) is 16.4. The number of fused-ring (bicyclic) bond motifs is 5. The van der Waals surface area contributed by atoms with E-state index in [-0.39, 0.29) is 27.8 Å². The number of ether oxygens (including phenoxy) is 1. The van der Waals surface area contributed by atoms with Gasteiger partial charge in [-0.15, -0.1) is 0 Å². The zero-order valence-electron chi connectivity index (χ0n) is 13.7. The second kappa shape index (κ2) is 4.98. The molecule has 2 fully saturated rings. The molecule has 0 radical (unpaired) electrons. The van der Waals surface area contributed by atoms with Gasteiger partial charge in [0, 0.05) is 17.1 Å². The summed E-state index contributed by atoms with van der Waals surface area (Å²) in [4.78, 5) is 24.3. The number of thiol groups is 1. The van der Waals surface area contributed by atoms with Crippen molar-refractivity contribution in [2.45, 2.75) is 44.8 Å². The number of hydrogen-bond acceptors (Lipinski definition) is 4. The Morgan fingerprint density at radius 3 is 2.78 bits per heavy atom. The van der Waals surface area contributed by atoms with Crippen molar-refractivity contribution in [1.82, 2.24) is 0 Å². The number of hydrogen-bond donors (Lipinski definition) is 1. The smallest absolute Gasteiger partial charge is 0.312 e. The number of allylic oxidation sites excluding steroid dienone is 3. The molecule has 4 aliphatic rings. The summed E-state index contributed by atoms with van der Waals surface area (Å²) in [7, 11) is 0. The lowest BCUT2D eigenvalue weighted by atomic mass is 9.47. The van der Waals surface area contributed by atoms with E-state index in [9.17, 15) is 9.59 Å². The van der Waals surface area contributed by atoms with Crippen molar-refractivity contribution < 1.29 is 14.3 Å². The van der Waals surface area contributed by atoms with Crippen molar-refractivity contribution in [3.05, 3.63) is 23.8 Å². The number of esters is 1. The molecule has 1 heterocycles. The van der Waals surface area contributed by atoms with E-state index in [1.54, 1.807) is 6.08 Å². The predicted molar refractivity (Wildman–Crippen MR) is 91.1 cm³/mol. The highest BCUT2D eigenvalue weighted by Crippen LogP contribution is 2.62. The summed E-state index contributed by atoms with van der Waals surface area (Å²) in [5.74, 6) is 1.32. The third kappa shape index (κ3) is 2.03. The van der Waals surface area contributed by atoms with Gasteiger partial charge in [-0.2, -0.15) is 12.6 Å². The molecule has 0 aromatic rings. The van der Waals surface area contributed by atoms with E-state index in [4.69, 9.17) is 17.4 Å². The average molecular weight is 332 g/mol. The van der Waals surface area contributed by atoms with Gasteiger partial charge in [0.1, 0.15) is 0 Å². The molecule has 0 aromatic carbocycles. The third-order valence-corrected chi connectivity index (χ3v) is 7.55. The van der Waals surface area contributed by atoms with Crippen molar-refractivity contribution in [1.29, 1.82) is 0 Å². The van der Waals surface area contributed by atoms with Crippen LogP contribution in [-0.4, -0.2) is 23.6 Å². The Balaban J connectivity index is 1.78. The normalized spacial score (nSPS) is 48.7. The zero-order valence-corrected chi connectivity index (χ0v) is 14.6. The Kier molecular flexibility index (Phi) is 3.36. The van der Waals surface area contributed by atoms with E-state index in [1.165, 1.54) is 5.57 Å². The number of ketones is 1. The molecule has 0 amide bonds. The quantitative estimate of drug-likeness (QED) is 0.420. The van der Waals surface area contributed by atoms with Crippen LogP contribution in [-0.2, 0) is 14.3 Å². The molecular weight excluding hydrogens is 308 g/mol. The van der Waals surface area contributed by atoms with Crippen molar-refractivity contribution in [3.63, 3.8) is 0 Å². The number of rotatable bonds is 0. The van der Waals surface area contributed by atoms with E-state index in [2.05, 4.69) is 26.0 Å². The van der Waals surface area contributed by atoms with Crippen LogP contribution in [0.3, 0.4) is 0 Å². The Morgan fingerprint density at radius 1 is 1.22 bits per heavy atom. The second-order valence-corrected chi connectivity index (χ2v) is 8.71. The van der Waals surface area contributed by atoms with E-state index < -0.39 is 0 Å². The molecule has 6 atom stereocenters. The van der Waals surface area contributed by atoms with Crippen molar-refractivity contribution in [2.24, 2.45) is 28.6 Å². The summed E-state index contributed by atoms with van der Waals surface area (Å²) in [6.07, 6.45) is 9.41. The molecule has 3 aliphatic carbocycles. The molecular formula is C19H24O3S. The topological polar surface area (TPSA) is 43.4 Å². The van der Waals surface area contributed by atoms with Crippen LogP contribution >= 0.6 is 12.6 Å². The van der Waals surface area contributed by atoms with Gasteiger partial charge in [-0.25, -0.2) is 0 Å². The maximum absolute atomic E-state index is 12.4. The Labute approximate surface area is 142 Å². The minimum atomic E-state index is -0.365. The van der Waals surface area contributed by atoms with Gasteiger partial charge in [-0.05, 0) is 50.0 Å². The lowest BCUT2D eigenvalue weighted by molar-refractivity contribution is -0.177. The molecule has 1 aliphatic heterocycles. The first-order chi connectivity index (χ1) is 10.9. The summed E-state index contributed by atoms with van der Waals surface area (Å²) in [5.41, 5.74) is 0.810. The summed E-state index contributed by atoms with van der Waals surface area (Å²) in [6.45, 7) is 4.88. The predicted octanol–water partition coefficient (Wildman–Crippen LogP) is 3.36. The van der Waals surface area contributed by atoms with Crippen LogP contribution in [0.15, 0.2) is 23.8 Å². The number of carbonyl (C=O) groups is 2. The largest absolute Gasteiger partial charge is 0.465 e. The first-order valence-corrected chi connectivity index (χ1v) is 9.16. The molecule has 23 heavy (non-hydrogen) atoms.